The first-order valence-corrected chi connectivity index (χ1v) is 6.67. The minimum atomic E-state index is -0.482. The Morgan fingerprint density at radius 3 is 2.71 bits per heavy atom. The average Bonchev–Trinajstić information content (AvgIpc) is 2.39. The molecule has 0 saturated heterocycles. The van der Waals surface area contributed by atoms with E-state index in [9.17, 15) is 5.11 Å². The molecule has 2 rings (SSSR count). The van der Waals surface area contributed by atoms with Crippen molar-refractivity contribution in [1.82, 2.24) is 9.97 Å². The molecule has 0 radical (unpaired) electrons. The smallest absolute Gasteiger partial charge is 0.157 e. The van der Waals surface area contributed by atoms with E-state index in [1.807, 2.05) is 6.92 Å². The highest BCUT2D eigenvalue weighted by molar-refractivity contribution is 5.04. The number of aromatic nitrogens is 2. The molecular formula is C14H22N2O. The molecule has 3 atom stereocenters. The molecular weight excluding hydrogens is 212 g/mol. The molecule has 0 aliphatic heterocycles. The zero-order valence-corrected chi connectivity index (χ0v) is 10.8. The number of rotatable bonds is 3. The van der Waals surface area contributed by atoms with E-state index in [1.165, 1.54) is 19.3 Å². The van der Waals surface area contributed by atoms with E-state index >= 15 is 0 Å². The predicted octanol–water partition coefficient (Wildman–Crippen LogP) is 3.03. The zero-order chi connectivity index (χ0) is 12.3. The maximum absolute atomic E-state index is 10.3. The van der Waals surface area contributed by atoms with Crippen LogP contribution in [-0.2, 0) is 0 Å². The maximum atomic E-state index is 10.3. The number of hydrogen-bond donors (Lipinski definition) is 1. The van der Waals surface area contributed by atoms with Crippen molar-refractivity contribution in [3.63, 3.8) is 0 Å². The van der Waals surface area contributed by atoms with Crippen molar-refractivity contribution in [2.75, 3.05) is 0 Å². The van der Waals surface area contributed by atoms with Crippen LogP contribution in [0.3, 0.4) is 0 Å². The monoisotopic (exact) mass is 234 g/mol. The van der Waals surface area contributed by atoms with E-state index in [0.29, 0.717) is 11.7 Å². The number of aliphatic hydroxyl groups is 1. The molecule has 1 fully saturated rings. The lowest BCUT2D eigenvalue weighted by Crippen LogP contribution is -2.22. The van der Waals surface area contributed by atoms with E-state index in [4.69, 9.17) is 0 Å². The van der Waals surface area contributed by atoms with E-state index in [-0.39, 0.29) is 0 Å². The SMILES string of the molecule is CCC1CCCC(C(O)c2ncc(C)cn2)C1. The minimum Gasteiger partial charge on any atom is -0.385 e. The van der Waals surface area contributed by atoms with E-state index in [1.54, 1.807) is 12.4 Å². The first-order chi connectivity index (χ1) is 8.20. The van der Waals surface area contributed by atoms with Gasteiger partial charge in [0, 0.05) is 12.4 Å². The fourth-order valence-corrected chi connectivity index (χ4v) is 2.76. The summed E-state index contributed by atoms with van der Waals surface area (Å²) in [5.41, 5.74) is 1.04. The van der Waals surface area contributed by atoms with Gasteiger partial charge in [0.15, 0.2) is 5.82 Å². The summed E-state index contributed by atoms with van der Waals surface area (Å²) in [6, 6.07) is 0. The van der Waals surface area contributed by atoms with Gasteiger partial charge in [-0.05, 0) is 37.2 Å². The Hall–Kier alpha value is -0.960. The highest BCUT2D eigenvalue weighted by Gasteiger charge is 2.28. The van der Waals surface area contributed by atoms with Gasteiger partial charge in [0.05, 0.1) is 0 Å². The van der Waals surface area contributed by atoms with Gasteiger partial charge in [0.1, 0.15) is 6.10 Å². The molecule has 0 aromatic carbocycles. The van der Waals surface area contributed by atoms with Gasteiger partial charge in [-0.25, -0.2) is 9.97 Å². The Morgan fingerprint density at radius 2 is 2.06 bits per heavy atom. The van der Waals surface area contributed by atoms with Gasteiger partial charge in [-0.1, -0.05) is 26.2 Å². The number of aryl methyl sites for hydroxylation is 1. The largest absolute Gasteiger partial charge is 0.385 e. The lowest BCUT2D eigenvalue weighted by molar-refractivity contribution is 0.0609. The fraction of sp³-hybridized carbons (Fsp3) is 0.714. The molecule has 1 aromatic rings. The molecule has 0 spiro atoms. The van der Waals surface area contributed by atoms with Crippen molar-refractivity contribution in [3.05, 3.63) is 23.8 Å². The molecule has 0 amide bonds. The second kappa shape index (κ2) is 5.58. The summed E-state index contributed by atoms with van der Waals surface area (Å²) in [6.07, 6.45) is 9.07. The van der Waals surface area contributed by atoms with Crippen LogP contribution in [0.1, 0.15) is 56.5 Å². The molecule has 1 N–H and O–H groups in total. The first kappa shape index (κ1) is 12.5. The summed E-state index contributed by atoms with van der Waals surface area (Å²) in [5, 5.41) is 10.3. The molecule has 94 valence electrons. The Kier molecular flexibility index (Phi) is 4.11. The second-order valence-corrected chi connectivity index (χ2v) is 5.26. The molecule has 1 aromatic heterocycles. The highest BCUT2D eigenvalue weighted by atomic mass is 16.3. The van der Waals surface area contributed by atoms with Gasteiger partial charge >= 0.3 is 0 Å². The van der Waals surface area contributed by atoms with E-state index in [0.717, 1.165) is 24.3 Å². The van der Waals surface area contributed by atoms with Crippen LogP contribution in [0.25, 0.3) is 0 Å². The molecule has 1 heterocycles. The van der Waals surface area contributed by atoms with Crippen LogP contribution in [-0.4, -0.2) is 15.1 Å². The van der Waals surface area contributed by atoms with Crippen LogP contribution in [0, 0.1) is 18.8 Å². The van der Waals surface area contributed by atoms with Crippen LogP contribution < -0.4 is 0 Å². The molecule has 0 bridgehead atoms. The van der Waals surface area contributed by atoms with Crippen molar-refractivity contribution < 1.29 is 5.11 Å². The average molecular weight is 234 g/mol. The molecule has 1 saturated carbocycles. The molecule has 17 heavy (non-hydrogen) atoms. The summed E-state index contributed by atoms with van der Waals surface area (Å²) < 4.78 is 0. The number of aliphatic hydroxyl groups excluding tert-OH is 1. The van der Waals surface area contributed by atoms with Gasteiger partial charge < -0.3 is 5.11 Å². The predicted molar refractivity (Wildman–Crippen MR) is 67.5 cm³/mol. The Morgan fingerprint density at radius 1 is 1.35 bits per heavy atom. The molecule has 1 aliphatic carbocycles. The third kappa shape index (κ3) is 3.03. The summed E-state index contributed by atoms with van der Waals surface area (Å²) in [5.74, 6) is 1.71. The number of hydrogen-bond acceptors (Lipinski definition) is 3. The Balaban J connectivity index is 2.03. The van der Waals surface area contributed by atoms with E-state index < -0.39 is 6.10 Å². The Bertz CT molecular complexity index is 350. The van der Waals surface area contributed by atoms with Gasteiger partial charge in [-0.3, -0.25) is 0 Å². The first-order valence-electron chi connectivity index (χ1n) is 6.67. The van der Waals surface area contributed by atoms with Gasteiger partial charge in [0.25, 0.3) is 0 Å². The van der Waals surface area contributed by atoms with Crippen LogP contribution >= 0.6 is 0 Å². The van der Waals surface area contributed by atoms with Crippen LogP contribution in [0.5, 0.6) is 0 Å². The quantitative estimate of drug-likeness (QED) is 0.874. The fourth-order valence-electron chi connectivity index (χ4n) is 2.76. The standard InChI is InChI=1S/C14H22N2O/c1-3-11-5-4-6-12(7-11)13(17)14-15-8-10(2)9-16-14/h8-9,11-13,17H,3-7H2,1-2H3. The van der Waals surface area contributed by atoms with Crippen molar-refractivity contribution in [3.8, 4) is 0 Å². The van der Waals surface area contributed by atoms with Gasteiger partial charge in [-0.2, -0.15) is 0 Å². The van der Waals surface area contributed by atoms with Crippen molar-refractivity contribution in [2.45, 2.75) is 52.1 Å². The van der Waals surface area contributed by atoms with Gasteiger partial charge in [0.2, 0.25) is 0 Å². The van der Waals surface area contributed by atoms with E-state index in [2.05, 4.69) is 16.9 Å². The second-order valence-electron chi connectivity index (χ2n) is 5.26. The molecule has 1 aliphatic rings. The number of nitrogens with zero attached hydrogens (tertiary/aromatic N) is 2. The minimum absolute atomic E-state index is 0.344. The normalized spacial score (nSPS) is 26.8. The zero-order valence-electron chi connectivity index (χ0n) is 10.8. The van der Waals surface area contributed by atoms with Crippen molar-refractivity contribution >= 4 is 0 Å². The summed E-state index contributed by atoms with van der Waals surface area (Å²) in [7, 11) is 0. The van der Waals surface area contributed by atoms with Gasteiger partial charge in [-0.15, -0.1) is 0 Å². The lowest BCUT2D eigenvalue weighted by atomic mass is 9.77. The lowest BCUT2D eigenvalue weighted by Gasteiger charge is -2.31. The third-order valence-corrected chi connectivity index (χ3v) is 3.91. The highest BCUT2D eigenvalue weighted by Crippen LogP contribution is 2.37. The maximum Gasteiger partial charge on any atom is 0.157 e. The van der Waals surface area contributed by atoms with Crippen LogP contribution in [0.15, 0.2) is 12.4 Å². The van der Waals surface area contributed by atoms with Crippen molar-refractivity contribution in [1.29, 1.82) is 0 Å². The molecule has 3 nitrogen and oxygen atoms in total. The summed E-state index contributed by atoms with van der Waals surface area (Å²) in [4.78, 5) is 8.49. The van der Waals surface area contributed by atoms with Crippen LogP contribution in [0.2, 0.25) is 0 Å². The van der Waals surface area contributed by atoms with Crippen LogP contribution in [0.4, 0.5) is 0 Å². The third-order valence-electron chi connectivity index (χ3n) is 3.91. The Labute approximate surface area is 103 Å². The summed E-state index contributed by atoms with van der Waals surface area (Å²) in [6.45, 7) is 4.20. The topological polar surface area (TPSA) is 46.0 Å². The molecule has 3 heteroatoms. The summed E-state index contributed by atoms with van der Waals surface area (Å²) >= 11 is 0. The molecule has 3 unspecified atom stereocenters. The van der Waals surface area contributed by atoms with Crippen molar-refractivity contribution in [2.24, 2.45) is 11.8 Å².